The highest BCUT2D eigenvalue weighted by atomic mass is 16.2. The van der Waals surface area contributed by atoms with E-state index >= 15 is 0 Å². The van der Waals surface area contributed by atoms with E-state index in [1.807, 2.05) is 35.4 Å². The number of rotatable bonds is 1. The molecule has 1 amide bonds. The predicted molar refractivity (Wildman–Crippen MR) is 77.2 cm³/mol. The number of likely N-dealkylation sites (tertiary alicyclic amines) is 1. The first kappa shape index (κ1) is 12.3. The van der Waals surface area contributed by atoms with Gasteiger partial charge in [-0.3, -0.25) is 4.79 Å². The van der Waals surface area contributed by atoms with Gasteiger partial charge in [0.25, 0.3) is 5.91 Å². The van der Waals surface area contributed by atoms with E-state index in [1.54, 1.807) is 0 Å². The molecule has 2 atom stereocenters. The van der Waals surface area contributed by atoms with Gasteiger partial charge in [0.05, 0.1) is 0 Å². The van der Waals surface area contributed by atoms with Gasteiger partial charge in [0, 0.05) is 35.2 Å². The summed E-state index contributed by atoms with van der Waals surface area (Å²) in [6.07, 6.45) is 4.13. The van der Waals surface area contributed by atoms with Gasteiger partial charge in [-0.25, -0.2) is 0 Å². The van der Waals surface area contributed by atoms with Gasteiger partial charge in [-0.15, -0.1) is 0 Å². The molecule has 1 aromatic heterocycles. The lowest BCUT2D eigenvalue weighted by molar-refractivity contribution is 0.0589. The van der Waals surface area contributed by atoms with E-state index in [9.17, 15) is 4.79 Å². The Morgan fingerprint density at radius 1 is 1.32 bits per heavy atom. The Hall–Kier alpha value is -1.77. The first-order chi connectivity index (χ1) is 9.15. The molecular formula is C16H20N2O. The minimum absolute atomic E-state index is 0.169. The largest absolute Gasteiger partial charge is 0.361 e. The summed E-state index contributed by atoms with van der Waals surface area (Å²) in [5, 5.41) is 1.10. The third-order valence-electron chi connectivity index (χ3n) is 4.20. The number of fused-ring (bicyclic) bond motifs is 1. The van der Waals surface area contributed by atoms with Crippen molar-refractivity contribution in [2.75, 3.05) is 6.54 Å². The van der Waals surface area contributed by atoms with E-state index in [0.29, 0.717) is 6.04 Å². The molecule has 2 heterocycles. The molecule has 3 nitrogen and oxygen atoms in total. The zero-order chi connectivity index (χ0) is 13.4. The molecule has 1 aromatic carbocycles. The van der Waals surface area contributed by atoms with Crippen molar-refractivity contribution in [2.24, 2.45) is 5.92 Å². The molecule has 1 aliphatic heterocycles. The second-order valence-corrected chi connectivity index (χ2v) is 5.76. The fourth-order valence-corrected chi connectivity index (χ4v) is 3.06. The van der Waals surface area contributed by atoms with Crippen molar-refractivity contribution in [1.82, 2.24) is 9.88 Å². The molecule has 1 N–H and O–H groups in total. The third-order valence-corrected chi connectivity index (χ3v) is 4.20. The van der Waals surface area contributed by atoms with Crippen molar-refractivity contribution in [2.45, 2.75) is 32.7 Å². The van der Waals surface area contributed by atoms with Crippen molar-refractivity contribution >= 4 is 16.8 Å². The van der Waals surface area contributed by atoms with Gasteiger partial charge in [0.1, 0.15) is 0 Å². The fraction of sp³-hybridized carbons (Fsp3) is 0.438. The first-order valence-corrected chi connectivity index (χ1v) is 7.03. The molecule has 0 aliphatic carbocycles. The number of hydrogen-bond acceptors (Lipinski definition) is 1. The van der Waals surface area contributed by atoms with Crippen LogP contribution >= 0.6 is 0 Å². The normalized spacial score (nSPS) is 23.8. The number of carbonyl (C=O) groups excluding carboxylic acids is 1. The van der Waals surface area contributed by atoms with Crippen molar-refractivity contribution in [1.29, 1.82) is 0 Å². The summed E-state index contributed by atoms with van der Waals surface area (Å²) < 4.78 is 0. The molecule has 1 saturated heterocycles. The molecule has 0 saturated carbocycles. The summed E-state index contributed by atoms with van der Waals surface area (Å²) >= 11 is 0. The van der Waals surface area contributed by atoms with Crippen LogP contribution in [-0.4, -0.2) is 28.4 Å². The second-order valence-electron chi connectivity index (χ2n) is 5.76. The number of piperidine rings is 1. The van der Waals surface area contributed by atoms with Gasteiger partial charge < -0.3 is 9.88 Å². The number of nitrogens with zero attached hydrogens (tertiary/aromatic N) is 1. The molecule has 0 radical (unpaired) electrons. The van der Waals surface area contributed by atoms with Crippen molar-refractivity contribution in [3.8, 4) is 0 Å². The Bertz CT molecular complexity index is 602. The van der Waals surface area contributed by atoms with E-state index in [2.05, 4.69) is 18.8 Å². The molecule has 1 aliphatic rings. The van der Waals surface area contributed by atoms with E-state index in [-0.39, 0.29) is 5.91 Å². The van der Waals surface area contributed by atoms with Crippen LogP contribution in [-0.2, 0) is 0 Å². The van der Waals surface area contributed by atoms with E-state index < -0.39 is 0 Å². The Balaban J connectivity index is 1.86. The summed E-state index contributed by atoms with van der Waals surface area (Å²) in [4.78, 5) is 17.8. The predicted octanol–water partition coefficient (Wildman–Crippen LogP) is 3.43. The highest BCUT2D eigenvalue weighted by molar-refractivity contribution is 5.98. The highest BCUT2D eigenvalue weighted by Crippen LogP contribution is 2.24. The average Bonchev–Trinajstić information content (AvgIpc) is 2.85. The number of amides is 1. The number of hydrogen-bond donors (Lipinski definition) is 1. The molecule has 2 unspecified atom stereocenters. The maximum Gasteiger partial charge on any atom is 0.254 e. The summed E-state index contributed by atoms with van der Waals surface area (Å²) in [5.74, 6) is 0.897. The Labute approximate surface area is 113 Å². The second kappa shape index (κ2) is 4.72. The number of benzene rings is 1. The minimum atomic E-state index is 0.169. The maximum absolute atomic E-state index is 12.6. The van der Waals surface area contributed by atoms with Gasteiger partial charge in [-0.2, -0.15) is 0 Å². The molecule has 2 aromatic rings. The highest BCUT2D eigenvalue weighted by Gasteiger charge is 2.27. The number of carbonyl (C=O) groups is 1. The maximum atomic E-state index is 12.6. The molecule has 0 spiro atoms. The van der Waals surface area contributed by atoms with Crippen LogP contribution in [0.1, 0.15) is 37.0 Å². The topological polar surface area (TPSA) is 36.1 Å². The summed E-state index contributed by atoms with van der Waals surface area (Å²) in [7, 11) is 0. The molecular weight excluding hydrogens is 236 g/mol. The van der Waals surface area contributed by atoms with Crippen LogP contribution < -0.4 is 0 Å². The lowest BCUT2D eigenvalue weighted by Crippen LogP contribution is -2.44. The van der Waals surface area contributed by atoms with Crippen LogP contribution in [0.15, 0.2) is 30.5 Å². The van der Waals surface area contributed by atoms with Crippen LogP contribution in [0.2, 0.25) is 0 Å². The SMILES string of the molecule is CC1CCN(C(=O)c2ccc3[nH]ccc3c2)C(C)C1. The Kier molecular flexibility index (Phi) is 3.05. The van der Waals surface area contributed by atoms with Gasteiger partial charge >= 0.3 is 0 Å². The quantitative estimate of drug-likeness (QED) is 0.833. The molecule has 3 heteroatoms. The van der Waals surface area contributed by atoms with E-state index in [0.717, 1.165) is 41.8 Å². The number of nitrogens with one attached hydrogen (secondary N) is 1. The van der Waals surface area contributed by atoms with Crippen LogP contribution in [0.5, 0.6) is 0 Å². The lowest BCUT2D eigenvalue weighted by Gasteiger charge is -2.36. The Morgan fingerprint density at radius 3 is 2.95 bits per heavy atom. The molecule has 0 bridgehead atoms. The molecule has 19 heavy (non-hydrogen) atoms. The average molecular weight is 256 g/mol. The van der Waals surface area contributed by atoms with Crippen LogP contribution in [0.3, 0.4) is 0 Å². The lowest BCUT2D eigenvalue weighted by atomic mass is 9.93. The molecule has 1 fully saturated rings. The Morgan fingerprint density at radius 2 is 2.16 bits per heavy atom. The van der Waals surface area contributed by atoms with E-state index in [1.165, 1.54) is 0 Å². The minimum Gasteiger partial charge on any atom is -0.361 e. The summed E-state index contributed by atoms with van der Waals surface area (Å²) in [6.45, 7) is 5.30. The van der Waals surface area contributed by atoms with Crippen molar-refractivity contribution < 1.29 is 4.79 Å². The van der Waals surface area contributed by atoms with Crippen LogP contribution in [0.25, 0.3) is 10.9 Å². The van der Waals surface area contributed by atoms with Gasteiger partial charge in [0.2, 0.25) is 0 Å². The van der Waals surface area contributed by atoms with Crippen LogP contribution in [0, 0.1) is 5.92 Å². The fourth-order valence-electron chi connectivity index (χ4n) is 3.06. The smallest absolute Gasteiger partial charge is 0.254 e. The van der Waals surface area contributed by atoms with Crippen molar-refractivity contribution in [3.63, 3.8) is 0 Å². The third kappa shape index (κ3) is 2.25. The zero-order valence-corrected chi connectivity index (χ0v) is 11.5. The molecule has 100 valence electrons. The first-order valence-electron chi connectivity index (χ1n) is 7.03. The van der Waals surface area contributed by atoms with E-state index in [4.69, 9.17) is 0 Å². The monoisotopic (exact) mass is 256 g/mol. The van der Waals surface area contributed by atoms with Crippen molar-refractivity contribution in [3.05, 3.63) is 36.0 Å². The standard InChI is InChI=1S/C16H20N2O/c1-11-6-8-18(12(2)9-11)16(19)14-3-4-15-13(10-14)5-7-17-15/h3-5,7,10-12,17H,6,8-9H2,1-2H3. The van der Waals surface area contributed by atoms with Gasteiger partial charge in [0.15, 0.2) is 0 Å². The summed E-state index contributed by atoms with van der Waals surface area (Å²) in [5.41, 5.74) is 1.88. The number of aromatic nitrogens is 1. The van der Waals surface area contributed by atoms with Crippen LogP contribution in [0.4, 0.5) is 0 Å². The summed E-state index contributed by atoms with van der Waals surface area (Å²) in [6, 6.07) is 8.25. The van der Waals surface area contributed by atoms with Gasteiger partial charge in [-0.1, -0.05) is 6.92 Å². The zero-order valence-electron chi connectivity index (χ0n) is 11.5. The number of H-pyrrole nitrogens is 1. The van der Waals surface area contributed by atoms with Gasteiger partial charge in [-0.05, 0) is 49.9 Å². The number of aromatic amines is 1. The molecule has 3 rings (SSSR count).